The van der Waals surface area contributed by atoms with Crippen molar-refractivity contribution >= 4 is 28.9 Å². The number of halogens is 1. The smallest absolute Gasteiger partial charge is 0.360 e. The van der Waals surface area contributed by atoms with Crippen molar-refractivity contribution in [2.24, 2.45) is 0 Å². The first kappa shape index (κ1) is 13.0. The zero-order valence-corrected chi connectivity index (χ0v) is 11.5. The number of thiazole rings is 1. The monoisotopic (exact) mass is 286 g/mol. The van der Waals surface area contributed by atoms with Crippen molar-refractivity contribution < 1.29 is 9.53 Å². The maximum Gasteiger partial charge on any atom is 0.360 e. The van der Waals surface area contributed by atoms with Gasteiger partial charge in [-0.15, -0.1) is 16.4 Å². The Morgan fingerprint density at radius 2 is 2.39 bits per heavy atom. The number of esters is 1. The molecule has 18 heavy (non-hydrogen) atoms. The highest BCUT2D eigenvalue weighted by atomic mass is 35.5. The maximum atomic E-state index is 11.6. The van der Waals surface area contributed by atoms with Crippen LogP contribution in [0.5, 0.6) is 0 Å². The molecule has 96 valence electrons. The molecule has 0 atom stereocenters. The number of carbonyl (C=O) groups is 1. The van der Waals surface area contributed by atoms with Gasteiger partial charge in [0.05, 0.1) is 18.8 Å². The molecule has 0 aliphatic heterocycles. The maximum absolute atomic E-state index is 11.6. The van der Waals surface area contributed by atoms with Gasteiger partial charge >= 0.3 is 5.97 Å². The summed E-state index contributed by atoms with van der Waals surface area (Å²) < 4.78 is 6.99. The summed E-state index contributed by atoms with van der Waals surface area (Å²) in [5.41, 5.74) is 0.908. The summed E-state index contributed by atoms with van der Waals surface area (Å²) >= 11 is 7.12. The van der Waals surface area contributed by atoms with Crippen molar-refractivity contribution in [1.82, 2.24) is 20.0 Å². The van der Waals surface area contributed by atoms with Crippen LogP contribution in [-0.4, -0.2) is 32.6 Å². The average molecular weight is 287 g/mol. The predicted molar refractivity (Wildman–Crippen MR) is 66.9 cm³/mol. The van der Waals surface area contributed by atoms with E-state index in [-0.39, 0.29) is 5.69 Å². The molecule has 0 amide bonds. The Balaban J connectivity index is 2.18. The Hall–Kier alpha value is -1.47. The molecule has 0 unspecified atom stereocenters. The van der Waals surface area contributed by atoms with Gasteiger partial charge in [-0.05, 0) is 13.8 Å². The Morgan fingerprint density at radius 1 is 1.61 bits per heavy atom. The third kappa shape index (κ3) is 2.68. The van der Waals surface area contributed by atoms with Crippen LogP contribution in [0.3, 0.4) is 0 Å². The van der Waals surface area contributed by atoms with E-state index >= 15 is 0 Å². The molecule has 0 N–H and O–H groups in total. The standard InChI is InChI=1S/C10H11ClN4O2S/c1-3-17-9(16)8-6(2)15(14-13-8)5-7-4-12-10(11)18-7/h4H,3,5H2,1-2H3. The molecule has 0 bridgehead atoms. The second kappa shape index (κ2) is 5.45. The largest absolute Gasteiger partial charge is 0.461 e. The minimum atomic E-state index is -0.455. The van der Waals surface area contributed by atoms with Crippen molar-refractivity contribution in [2.45, 2.75) is 20.4 Å². The lowest BCUT2D eigenvalue weighted by Crippen LogP contribution is -2.08. The van der Waals surface area contributed by atoms with Crippen molar-refractivity contribution in [1.29, 1.82) is 0 Å². The molecule has 2 rings (SSSR count). The lowest BCUT2D eigenvalue weighted by Gasteiger charge is -2.01. The van der Waals surface area contributed by atoms with Gasteiger partial charge in [-0.2, -0.15) is 0 Å². The molecule has 0 fully saturated rings. The van der Waals surface area contributed by atoms with Gasteiger partial charge < -0.3 is 4.74 Å². The third-order valence-electron chi connectivity index (χ3n) is 2.28. The lowest BCUT2D eigenvalue weighted by atomic mass is 10.3. The summed E-state index contributed by atoms with van der Waals surface area (Å²) in [5, 5.41) is 7.75. The van der Waals surface area contributed by atoms with E-state index in [0.717, 1.165) is 4.88 Å². The fourth-order valence-electron chi connectivity index (χ4n) is 1.40. The summed E-state index contributed by atoms with van der Waals surface area (Å²) in [6.45, 7) is 4.32. The van der Waals surface area contributed by atoms with Gasteiger partial charge in [0, 0.05) is 11.1 Å². The van der Waals surface area contributed by atoms with Gasteiger partial charge in [0.1, 0.15) is 0 Å². The highest BCUT2D eigenvalue weighted by molar-refractivity contribution is 7.15. The van der Waals surface area contributed by atoms with Gasteiger partial charge in [0.25, 0.3) is 0 Å². The van der Waals surface area contributed by atoms with Gasteiger partial charge in [-0.3, -0.25) is 0 Å². The van der Waals surface area contributed by atoms with Gasteiger partial charge in [-0.1, -0.05) is 16.8 Å². The lowest BCUT2D eigenvalue weighted by molar-refractivity contribution is 0.0518. The number of aromatic nitrogens is 4. The van der Waals surface area contributed by atoms with Crippen LogP contribution in [0.2, 0.25) is 4.47 Å². The molecule has 0 saturated carbocycles. The van der Waals surface area contributed by atoms with E-state index in [1.54, 1.807) is 24.7 Å². The van der Waals surface area contributed by atoms with E-state index in [0.29, 0.717) is 23.3 Å². The van der Waals surface area contributed by atoms with E-state index in [2.05, 4.69) is 15.3 Å². The Labute approximate surface area is 113 Å². The van der Waals surface area contributed by atoms with Crippen LogP contribution < -0.4 is 0 Å². The summed E-state index contributed by atoms with van der Waals surface area (Å²) in [4.78, 5) is 16.5. The first-order chi connectivity index (χ1) is 8.61. The minimum Gasteiger partial charge on any atom is -0.461 e. The summed E-state index contributed by atoms with van der Waals surface area (Å²) in [7, 11) is 0. The third-order valence-corrected chi connectivity index (χ3v) is 3.38. The van der Waals surface area contributed by atoms with Crippen molar-refractivity contribution in [3.8, 4) is 0 Å². The van der Waals surface area contributed by atoms with Crippen LogP contribution in [0, 0.1) is 6.92 Å². The molecule has 0 saturated heterocycles. The van der Waals surface area contributed by atoms with Crippen molar-refractivity contribution in [2.75, 3.05) is 6.61 Å². The molecule has 2 aromatic heterocycles. The molecule has 2 heterocycles. The molecule has 0 aliphatic rings. The quantitative estimate of drug-likeness (QED) is 0.803. The van der Waals surface area contributed by atoms with Crippen LogP contribution in [0.4, 0.5) is 0 Å². The van der Waals surface area contributed by atoms with Gasteiger partial charge in [-0.25, -0.2) is 14.5 Å². The van der Waals surface area contributed by atoms with Crippen LogP contribution in [0.25, 0.3) is 0 Å². The number of hydrogen-bond donors (Lipinski definition) is 0. The molecule has 0 aromatic carbocycles. The van der Waals surface area contributed by atoms with E-state index in [9.17, 15) is 4.79 Å². The second-order valence-corrected chi connectivity index (χ2v) is 5.18. The zero-order chi connectivity index (χ0) is 13.1. The zero-order valence-electron chi connectivity index (χ0n) is 9.88. The molecule has 6 nitrogen and oxygen atoms in total. The molecule has 8 heteroatoms. The highest BCUT2D eigenvalue weighted by Crippen LogP contribution is 2.19. The summed E-state index contributed by atoms with van der Waals surface area (Å²) in [5.74, 6) is -0.455. The number of hydrogen-bond acceptors (Lipinski definition) is 6. The molecule has 0 spiro atoms. The van der Waals surface area contributed by atoms with E-state index < -0.39 is 5.97 Å². The van der Waals surface area contributed by atoms with Crippen LogP contribution >= 0.6 is 22.9 Å². The number of nitrogens with zero attached hydrogens (tertiary/aromatic N) is 4. The topological polar surface area (TPSA) is 69.9 Å². The fraction of sp³-hybridized carbons (Fsp3) is 0.400. The number of carbonyl (C=O) groups excluding carboxylic acids is 1. The van der Waals surface area contributed by atoms with Gasteiger partial charge in [0.2, 0.25) is 0 Å². The highest BCUT2D eigenvalue weighted by Gasteiger charge is 2.17. The predicted octanol–water partition coefficient (Wildman–Crippen LogP) is 1.92. The first-order valence-corrected chi connectivity index (χ1v) is 6.48. The molecular formula is C10H11ClN4O2S. The molecule has 0 aliphatic carbocycles. The van der Waals surface area contributed by atoms with Gasteiger partial charge in [0.15, 0.2) is 10.2 Å². The molecule has 2 aromatic rings. The molecular weight excluding hydrogens is 276 g/mol. The first-order valence-electron chi connectivity index (χ1n) is 5.29. The van der Waals surface area contributed by atoms with E-state index in [4.69, 9.17) is 16.3 Å². The number of rotatable bonds is 4. The van der Waals surface area contributed by atoms with Crippen LogP contribution in [-0.2, 0) is 11.3 Å². The second-order valence-electron chi connectivity index (χ2n) is 3.48. The Bertz CT molecular complexity index is 566. The average Bonchev–Trinajstić information content (AvgIpc) is 2.88. The SMILES string of the molecule is CCOC(=O)c1nnn(Cc2cnc(Cl)s2)c1C. The van der Waals surface area contributed by atoms with Crippen LogP contribution in [0.15, 0.2) is 6.20 Å². The summed E-state index contributed by atoms with van der Waals surface area (Å²) in [6.07, 6.45) is 1.68. The van der Waals surface area contributed by atoms with E-state index in [1.165, 1.54) is 11.3 Å². The summed E-state index contributed by atoms with van der Waals surface area (Å²) in [6, 6.07) is 0. The van der Waals surface area contributed by atoms with Crippen molar-refractivity contribution in [3.63, 3.8) is 0 Å². The molecule has 0 radical (unpaired) electrons. The van der Waals surface area contributed by atoms with Crippen LogP contribution in [0.1, 0.15) is 28.0 Å². The number of ether oxygens (including phenoxy) is 1. The minimum absolute atomic E-state index is 0.243. The normalized spacial score (nSPS) is 10.6. The fourth-order valence-corrected chi connectivity index (χ4v) is 2.36. The van der Waals surface area contributed by atoms with E-state index in [1.807, 2.05) is 0 Å². The van der Waals surface area contributed by atoms with Crippen molar-refractivity contribution in [3.05, 3.63) is 26.9 Å². The Kier molecular flexibility index (Phi) is 3.93. The Morgan fingerprint density at radius 3 is 3.00 bits per heavy atom.